The monoisotopic (exact) mass is 1060 g/mol. The van der Waals surface area contributed by atoms with Crippen molar-refractivity contribution in [3.05, 3.63) is 76.1 Å². The van der Waals surface area contributed by atoms with Crippen molar-refractivity contribution in [2.45, 2.75) is 141 Å². The number of halogens is 3. The molecule has 392 valence electrons. The number of rotatable bonds is 4. The predicted molar refractivity (Wildman–Crippen MR) is 272 cm³/mol. The number of hydrogen-bond donors (Lipinski definition) is 3. The van der Waals surface area contributed by atoms with Crippen LogP contribution in [0.1, 0.15) is 117 Å². The molecule has 2 aliphatic carbocycles. The summed E-state index contributed by atoms with van der Waals surface area (Å²) in [5.74, 6) is -3.18. The van der Waals surface area contributed by atoms with Gasteiger partial charge in [-0.3, -0.25) is 28.8 Å². The van der Waals surface area contributed by atoms with Gasteiger partial charge in [0.05, 0.1) is 35.6 Å². The lowest BCUT2D eigenvalue weighted by atomic mass is 9.91. The standard InChI is InChI=1S/C27H31ClN2O6.C20H29NO5.C7H3Cl2NO/c1-16-7-5-3-2-4-6-8-17-13-27(17,25(33)34)14-22(31)21-12-19(15-30(21)24(16)32)35-26-29-20-10-9-18(28)11-23(20)36-26;1-13-7-5-3-2-4-6-8-14-10-20(14,19(25)26)11-17(23)16-9-15(22)12-21(16)18(13)24;8-4-1-2-5-6(3-4)11-7(9)10-5/h6,8-11,16-17,19,21H,2-5,7,12-15H2,1H3,(H,33,34);6,8,13-16,22H,2-5,7,9-12H2,1H3,(H,25,26);1-3H/b2*8-6-;/t16-,17+,19+,21-,27+;13-,14+,15+,16-,20+;/m00./s1. The van der Waals surface area contributed by atoms with Crippen LogP contribution >= 0.6 is 34.8 Å². The van der Waals surface area contributed by atoms with Crippen LogP contribution in [-0.4, -0.2) is 108 Å². The van der Waals surface area contributed by atoms with Crippen LogP contribution in [-0.2, 0) is 28.8 Å². The number of aliphatic hydroxyl groups is 1. The Morgan fingerprint density at radius 2 is 1.16 bits per heavy atom. The lowest BCUT2D eigenvalue weighted by Gasteiger charge is -2.27. The molecular formula is C54H63Cl3N4O12. The molecule has 10 atom stereocenters. The Morgan fingerprint density at radius 3 is 1.70 bits per heavy atom. The van der Waals surface area contributed by atoms with Gasteiger partial charge in [0, 0.05) is 66.2 Å². The second-order valence-corrected chi connectivity index (χ2v) is 22.0. The molecule has 4 fully saturated rings. The molecule has 4 aromatic rings. The molecule has 16 nitrogen and oxygen atoms in total. The van der Waals surface area contributed by atoms with Gasteiger partial charge >= 0.3 is 18.0 Å². The summed E-state index contributed by atoms with van der Waals surface area (Å²) in [7, 11) is 0. The second kappa shape index (κ2) is 23.1. The molecule has 2 saturated carbocycles. The number of fused-ring (bicyclic) bond motifs is 6. The topological polar surface area (TPSA) is 231 Å². The van der Waals surface area contributed by atoms with Gasteiger partial charge in [-0.25, -0.2) is 0 Å². The molecule has 19 heteroatoms. The van der Waals surface area contributed by atoms with Crippen molar-refractivity contribution in [2.75, 3.05) is 13.1 Å². The number of allylic oxidation sites excluding steroid dienone is 4. The number of carboxylic acid groups (broad SMARTS) is 2. The molecule has 10 rings (SSSR count). The summed E-state index contributed by atoms with van der Waals surface area (Å²) in [6.45, 7) is 4.17. The number of aliphatic carboxylic acids is 2. The first kappa shape index (κ1) is 54.0. The third-order valence-electron chi connectivity index (χ3n) is 15.5. The van der Waals surface area contributed by atoms with Crippen LogP contribution in [0, 0.1) is 34.5 Å². The predicted octanol–water partition coefficient (Wildman–Crippen LogP) is 10.3. The van der Waals surface area contributed by atoms with Crippen LogP contribution in [0.2, 0.25) is 15.4 Å². The number of carbonyl (C=O) groups excluding carboxylic acids is 4. The third kappa shape index (κ3) is 12.6. The molecule has 73 heavy (non-hydrogen) atoms. The van der Waals surface area contributed by atoms with E-state index >= 15 is 0 Å². The molecular weight excluding hydrogens is 1000 g/mol. The minimum Gasteiger partial charge on any atom is -0.481 e. The molecule has 0 spiro atoms. The van der Waals surface area contributed by atoms with E-state index in [4.69, 9.17) is 48.4 Å². The van der Waals surface area contributed by atoms with Crippen molar-refractivity contribution >= 4 is 92.3 Å². The highest BCUT2D eigenvalue weighted by molar-refractivity contribution is 6.31. The normalized spacial score (nSPS) is 31.9. The summed E-state index contributed by atoms with van der Waals surface area (Å²) in [4.78, 5) is 87.9. The zero-order valence-corrected chi connectivity index (χ0v) is 43.3. The van der Waals surface area contributed by atoms with Crippen LogP contribution in [0.4, 0.5) is 0 Å². The average Bonchev–Trinajstić information content (AvgIpc) is 3.84. The minimum atomic E-state index is -1.08. The van der Waals surface area contributed by atoms with Crippen LogP contribution in [0.3, 0.4) is 0 Å². The van der Waals surface area contributed by atoms with Gasteiger partial charge in [0.15, 0.2) is 22.7 Å². The van der Waals surface area contributed by atoms with Crippen molar-refractivity contribution in [2.24, 2.45) is 34.5 Å². The van der Waals surface area contributed by atoms with Crippen molar-refractivity contribution < 1.29 is 57.7 Å². The van der Waals surface area contributed by atoms with Gasteiger partial charge in [-0.05, 0) is 99.1 Å². The Balaban J connectivity index is 0.000000166. The number of oxazole rings is 2. The van der Waals surface area contributed by atoms with E-state index in [1.165, 1.54) is 4.90 Å². The Kier molecular flexibility index (Phi) is 17.1. The summed E-state index contributed by atoms with van der Waals surface area (Å²) in [5.41, 5.74) is 0.317. The largest absolute Gasteiger partial charge is 0.481 e. The van der Waals surface area contributed by atoms with Gasteiger partial charge in [-0.2, -0.15) is 9.97 Å². The average molecular weight is 1070 g/mol. The molecule has 2 aromatic heterocycles. The van der Waals surface area contributed by atoms with Crippen molar-refractivity contribution in [3.8, 4) is 6.08 Å². The molecule has 0 bridgehead atoms. The number of ketones is 2. The molecule has 0 unspecified atom stereocenters. The Morgan fingerprint density at radius 1 is 0.671 bits per heavy atom. The molecule has 2 saturated heterocycles. The highest BCUT2D eigenvalue weighted by Gasteiger charge is 2.62. The second-order valence-electron chi connectivity index (χ2n) is 20.8. The maximum atomic E-state index is 13.5. The summed E-state index contributed by atoms with van der Waals surface area (Å²) >= 11 is 17.2. The number of nitrogens with zero attached hydrogens (tertiary/aromatic N) is 4. The number of Topliss-reactive ketones (excluding diaryl/α,β-unsaturated/α-hetero) is 2. The van der Waals surface area contributed by atoms with Gasteiger partial charge in [-0.15, -0.1) is 0 Å². The first-order valence-corrected chi connectivity index (χ1v) is 26.6. The third-order valence-corrected chi connectivity index (χ3v) is 16.1. The Labute approximate surface area is 438 Å². The highest BCUT2D eigenvalue weighted by atomic mass is 35.5. The smallest absolute Gasteiger partial charge is 0.394 e. The van der Waals surface area contributed by atoms with E-state index in [0.29, 0.717) is 39.6 Å². The molecule has 0 radical (unpaired) electrons. The molecule has 2 aromatic carbocycles. The van der Waals surface area contributed by atoms with Gasteiger partial charge in [0.25, 0.3) is 5.35 Å². The molecule has 6 heterocycles. The fourth-order valence-corrected chi connectivity index (χ4v) is 11.4. The number of benzene rings is 2. The number of aromatic nitrogens is 2. The molecule has 4 aliphatic heterocycles. The van der Waals surface area contributed by atoms with Crippen LogP contribution < -0.4 is 4.74 Å². The van der Waals surface area contributed by atoms with E-state index in [1.54, 1.807) is 41.3 Å². The van der Waals surface area contributed by atoms with Gasteiger partial charge < -0.3 is 38.7 Å². The zero-order valence-electron chi connectivity index (χ0n) is 41.1. The Bertz CT molecular complexity index is 2780. The maximum Gasteiger partial charge on any atom is 0.394 e. The minimum absolute atomic E-state index is 0.0577. The molecule has 3 N–H and O–H groups in total. The van der Waals surface area contributed by atoms with E-state index in [0.717, 1.165) is 69.7 Å². The van der Waals surface area contributed by atoms with Crippen molar-refractivity contribution in [3.63, 3.8) is 0 Å². The summed E-state index contributed by atoms with van der Waals surface area (Å²) in [5, 5.41) is 30.9. The van der Waals surface area contributed by atoms with E-state index in [1.807, 2.05) is 38.2 Å². The van der Waals surface area contributed by atoms with Gasteiger partial charge in [-0.1, -0.05) is 87.0 Å². The van der Waals surface area contributed by atoms with Crippen LogP contribution in [0.15, 0.2) is 69.5 Å². The number of aliphatic hydroxyl groups excluding tert-OH is 1. The number of amides is 2. The van der Waals surface area contributed by atoms with E-state index in [9.17, 15) is 44.1 Å². The number of carboxylic acids is 2. The lowest BCUT2D eigenvalue weighted by molar-refractivity contribution is -0.148. The van der Waals surface area contributed by atoms with Gasteiger partial charge in [0.2, 0.25) is 11.8 Å². The summed E-state index contributed by atoms with van der Waals surface area (Å²) in [6.07, 6.45) is 17.4. The number of hydrogen-bond acceptors (Lipinski definition) is 12. The van der Waals surface area contributed by atoms with Crippen LogP contribution in [0.5, 0.6) is 6.08 Å². The van der Waals surface area contributed by atoms with Crippen LogP contribution in [0.25, 0.3) is 22.2 Å². The fraction of sp³-hybridized carbons (Fsp3) is 0.556. The first-order chi connectivity index (χ1) is 34.9. The highest BCUT2D eigenvalue weighted by Crippen LogP contribution is 2.58. The van der Waals surface area contributed by atoms with Gasteiger partial charge in [0.1, 0.15) is 17.1 Å². The number of carbonyl (C=O) groups is 6. The molecule has 2 amide bonds. The maximum absolute atomic E-state index is 13.5. The summed E-state index contributed by atoms with van der Waals surface area (Å²) < 4.78 is 16.7. The number of ether oxygens (including phenoxy) is 1. The lowest BCUT2D eigenvalue weighted by Crippen LogP contribution is -2.44. The fourth-order valence-electron chi connectivity index (χ4n) is 10.9. The van der Waals surface area contributed by atoms with Crippen molar-refractivity contribution in [1.29, 1.82) is 0 Å². The van der Waals surface area contributed by atoms with E-state index in [-0.39, 0.29) is 97.3 Å². The van der Waals surface area contributed by atoms with E-state index < -0.39 is 47.1 Å². The zero-order chi connectivity index (χ0) is 52.2. The quantitative estimate of drug-likeness (QED) is 0.162. The summed E-state index contributed by atoms with van der Waals surface area (Å²) in [6, 6.07) is 8.84. The van der Waals surface area contributed by atoms with Crippen molar-refractivity contribution in [1.82, 2.24) is 19.8 Å². The SMILES string of the molecule is C[C@H]1CCCCC/C=C\[C@@H]2C[C@@]2(C(=O)O)CC(=O)[C@@H]2C[C@@H](O)CN2C1=O.C[C@H]1CCCCC/C=C\[C@@H]2C[C@@]2(C(=O)O)CC(=O)[C@@H]2C[C@@H](Oc3nc4ccc(Cl)cc4o3)CN2C1=O.Clc1ccc2nc(Cl)oc2c1. The first-order valence-electron chi connectivity index (χ1n) is 25.5. The molecule has 6 aliphatic rings. The van der Waals surface area contributed by atoms with E-state index in [2.05, 4.69) is 9.97 Å². The Hall–Kier alpha value is -5.29.